The molecule has 0 aliphatic heterocycles. The van der Waals surface area contributed by atoms with Crippen molar-refractivity contribution in [2.75, 3.05) is 20.8 Å². The number of methoxy groups -OCH3 is 2. The van der Waals surface area contributed by atoms with Crippen LogP contribution in [0, 0.1) is 0 Å². The zero-order valence-corrected chi connectivity index (χ0v) is 15.5. The molecule has 1 N–H and O–H groups in total. The minimum atomic E-state index is -0.137. The summed E-state index contributed by atoms with van der Waals surface area (Å²) in [5.74, 6) is 1.87. The van der Waals surface area contributed by atoms with E-state index in [-0.39, 0.29) is 11.9 Å². The van der Waals surface area contributed by atoms with Crippen molar-refractivity contribution in [3.8, 4) is 17.2 Å². The van der Waals surface area contributed by atoms with Crippen molar-refractivity contribution in [2.45, 2.75) is 19.4 Å². The van der Waals surface area contributed by atoms with Crippen LogP contribution in [-0.2, 0) is 0 Å². The third kappa shape index (κ3) is 4.79. The lowest BCUT2D eigenvalue weighted by Crippen LogP contribution is -2.28. The minimum Gasteiger partial charge on any atom is -0.493 e. The number of ether oxygens (including phenoxy) is 3. The topological polar surface area (TPSA) is 56.8 Å². The predicted molar refractivity (Wildman–Crippen MR) is 102 cm³/mol. The first-order valence-electron chi connectivity index (χ1n) is 8.49. The van der Waals surface area contributed by atoms with Gasteiger partial charge >= 0.3 is 0 Å². The summed E-state index contributed by atoms with van der Waals surface area (Å²) in [5.41, 5.74) is 1.54. The normalized spacial score (nSPS) is 11.3. The van der Waals surface area contributed by atoms with Crippen molar-refractivity contribution in [1.29, 1.82) is 0 Å². The first kappa shape index (κ1) is 19.4. The maximum absolute atomic E-state index is 12.6. The van der Waals surface area contributed by atoms with Gasteiger partial charge in [-0.05, 0) is 48.4 Å². The Balaban J connectivity index is 2.11. The van der Waals surface area contributed by atoms with Gasteiger partial charge in [0.1, 0.15) is 12.4 Å². The average molecular weight is 355 g/mol. The summed E-state index contributed by atoms with van der Waals surface area (Å²) in [6.45, 7) is 6.06. The molecule has 1 amide bonds. The Morgan fingerprint density at radius 1 is 1.12 bits per heavy atom. The van der Waals surface area contributed by atoms with Crippen molar-refractivity contribution in [2.24, 2.45) is 0 Å². The smallest absolute Gasteiger partial charge is 0.251 e. The number of carbonyl (C=O) groups is 1. The summed E-state index contributed by atoms with van der Waals surface area (Å²) in [6.07, 6.45) is 2.43. The second-order valence-corrected chi connectivity index (χ2v) is 5.67. The van der Waals surface area contributed by atoms with Gasteiger partial charge in [0.05, 0.1) is 20.3 Å². The van der Waals surface area contributed by atoms with E-state index >= 15 is 0 Å². The van der Waals surface area contributed by atoms with Gasteiger partial charge < -0.3 is 19.5 Å². The van der Waals surface area contributed by atoms with Crippen LogP contribution in [0.5, 0.6) is 17.2 Å². The standard InChI is InChI=1S/C21H25NO4/c1-5-13-26-17-10-7-15(8-11-17)21(23)22-18(6-2)16-9-12-19(24-3)20(14-16)25-4/h5,7-12,14,18H,1,6,13H2,2-4H3,(H,22,23)/t18-/m1/s1. The molecule has 26 heavy (non-hydrogen) atoms. The molecule has 138 valence electrons. The van der Waals surface area contributed by atoms with E-state index in [1.807, 2.05) is 25.1 Å². The van der Waals surface area contributed by atoms with Crippen LogP contribution < -0.4 is 19.5 Å². The molecular formula is C21H25NO4. The Hall–Kier alpha value is -2.95. The van der Waals surface area contributed by atoms with Gasteiger partial charge in [0.2, 0.25) is 0 Å². The van der Waals surface area contributed by atoms with E-state index in [0.29, 0.717) is 29.4 Å². The summed E-state index contributed by atoms with van der Waals surface area (Å²) in [5, 5.41) is 3.06. The molecule has 0 aliphatic carbocycles. The first-order valence-corrected chi connectivity index (χ1v) is 8.49. The molecule has 0 saturated heterocycles. The van der Waals surface area contributed by atoms with E-state index in [4.69, 9.17) is 14.2 Å². The molecule has 2 rings (SSSR count). The van der Waals surface area contributed by atoms with Crippen molar-refractivity contribution < 1.29 is 19.0 Å². The Labute approximate surface area is 154 Å². The molecule has 5 heteroatoms. The van der Waals surface area contributed by atoms with Gasteiger partial charge in [-0.2, -0.15) is 0 Å². The highest BCUT2D eigenvalue weighted by Crippen LogP contribution is 2.31. The van der Waals surface area contributed by atoms with Crippen molar-refractivity contribution in [3.05, 3.63) is 66.2 Å². The SMILES string of the molecule is C=CCOc1ccc(C(=O)N[C@H](CC)c2ccc(OC)c(OC)c2)cc1. The number of rotatable bonds is 9. The molecule has 0 bridgehead atoms. The lowest BCUT2D eigenvalue weighted by Gasteiger charge is -2.19. The quantitative estimate of drug-likeness (QED) is 0.687. The van der Waals surface area contributed by atoms with Crippen LogP contribution in [0.2, 0.25) is 0 Å². The molecule has 2 aromatic rings. The van der Waals surface area contributed by atoms with Gasteiger partial charge in [-0.15, -0.1) is 0 Å². The van der Waals surface area contributed by atoms with E-state index < -0.39 is 0 Å². The molecule has 0 aromatic heterocycles. The van der Waals surface area contributed by atoms with Gasteiger partial charge in [-0.1, -0.05) is 25.6 Å². The lowest BCUT2D eigenvalue weighted by atomic mass is 10.0. The van der Waals surface area contributed by atoms with Crippen molar-refractivity contribution in [1.82, 2.24) is 5.32 Å². The molecule has 0 radical (unpaired) electrons. The second-order valence-electron chi connectivity index (χ2n) is 5.67. The minimum absolute atomic E-state index is 0.126. The van der Waals surface area contributed by atoms with Crippen LogP contribution in [0.3, 0.4) is 0 Å². The zero-order valence-electron chi connectivity index (χ0n) is 15.5. The largest absolute Gasteiger partial charge is 0.493 e. The summed E-state index contributed by atoms with van der Waals surface area (Å²) in [6, 6.07) is 12.6. The molecular weight excluding hydrogens is 330 g/mol. The number of hydrogen-bond donors (Lipinski definition) is 1. The second kappa shape index (κ2) is 9.51. The monoisotopic (exact) mass is 355 g/mol. The van der Waals surface area contributed by atoms with Crippen LogP contribution in [0.25, 0.3) is 0 Å². The summed E-state index contributed by atoms with van der Waals surface area (Å²) in [4.78, 5) is 12.6. The summed E-state index contributed by atoms with van der Waals surface area (Å²) < 4.78 is 16.0. The van der Waals surface area contributed by atoms with Gasteiger partial charge in [-0.3, -0.25) is 4.79 Å². The van der Waals surface area contributed by atoms with Crippen LogP contribution in [-0.4, -0.2) is 26.7 Å². The molecule has 5 nitrogen and oxygen atoms in total. The van der Waals surface area contributed by atoms with Gasteiger partial charge in [0.25, 0.3) is 5.91 Å². The van der Waals surface area contributed by atoms with Crippen LogP contribution >= 0.6 is 0 Å². The summed E-state index contributed by atoms with van der Waals surface area (Å²) >= 11 is 0. The van der Waals surface area contributed by atoms with Crippen molar-refractivity contribution in [3.63, 3.8) is 0 Å². The first-order chi connectivity index (χ1) is 12.6. The third-order valence-electron chi connectivity index (χ3n) is 4.01. The Bertz CT molecular complexity index is 740. The average Bonchev–Trinajstić information content (AvgIpc) is 2.70. The van der Waals surface area contributed by atoms with E-state index in [9.17, 15) is 4.79 Å². The van der Waals surface area contributed by atoms with Gasteiger partial charge in [-0.25, -0.2) is 0 Å². The summed E-state index contributed by atoms with van der Waals surface area (Å²) in [7, 11) is 3.19. The fourth-order valence-electron chi connectivity index (χ4n) is 2.59. The van der Waals surface area contributed by atoms with Crippen LogP contribution in [0.4, 0.5) is 0 Å². The molecule has 0 saturated carbocycles. The molecule has 0 fully saturated rings. The highest BCUT2D eigenvalue weighted by Gasteiger charge is 2.16. The third-order valence-corrected chi connectivity index (χ3v) is 4.01. The molecule has 1 atom stereocenters. The fourth-order valence-corrected chi connectivity index (χ4v) is 2.59. The zero-order chi connectivity index (χ0) is 18.9. The van der Waals surface area contributed by atoms with E-state index in [1.165, 1.54) is 0 Å². The number of amides is 1. The van der Waals surface area contributed by atoms with Gasteiger partial charge in [0.15, 0.2) is 11.5 Å². The maximum Gasteiger partial charge on any atom is 0.251 e. The van der Waals surface area contributed by atoms with Crippen LogP contribution in [0.15, 0.2) is 55.1 Å². The van der Waals surface area contributed by atoms with Gasteiger partial charge in [0, 0.05) is 5.56 Å². The number of carbonyl (C=O) groups excluding carboxylic acids is 1. The number of benzene rings is 2. The Kier molecular flexibility index (Phi) is 7.09. The fraction of sp³-hybridized carbons (Fsp3) is 0.286. The highest BCUT2D eigenvalue weighted by atomic mass is 16.5. The lowest BCUT2D eigenvalue weighted by molar-refractivity contribution is 0.0935. The molecule has 0 aliphatic rings. The van der Waals surface area contributed by atoms with Crippen LogP contribution in [0.1, 0.15) is 35.3 Å². The van der Waals surface area contributed by atoms with E-state index in [2.05, 4.69) is 11.9 Å². The maximum atomic E-state index is 12.6. The molecule has 0 unspecified atom stereocenters. The van der Waals surface area contributed by atoms with Crippen molar-refractivity contribution >= 4 is 5.91 Å². The van der Waals surface area contributed by atoms with E-state index in [0.717, 1.165) is 12.0 Å². The number of hydrogen-bond acceptors (Lipinski definition) is 4. The Morgan fingerprint density at radius 2 is 1.81 bits per heavy atom. The Morgan fingerprint density at radius 3 is 2.38 bits per heavy atom. The predicted octanol–water partition coefficient (Wildman–Crippen LogP) is 4.15. The number of nitrogens with one attached hydrogen (secondary N) is 1. The van der Waals surface area contributed by atoms with E-state index in [1.54, 1.807) is 44.6 Å². The molecule has 0 spiro atoms. The molecule has 2 aromatic carbocycles. The molecule has 0 heterocycles. The highest BCUT2D eigenvalue weighted by molar-refractivity contribution is 5.94.